The monoisotopic (exact) mass is 344 g/mol. The predicted octanol–water partition coefficient (Wildman–Crippen LogP) is 4.53. The summed E-state index contributed by atoms with van der Waals surface area (Å²) in [6, 6.07) is 12.5. The predicted molar refractivity (Wildman–Crippen MR) is 84.9 cm³/mol. The van der Waals surface area contributed by atoms with Crippen LogP contribution in [0.5, 0.6) is 0 Å². The SMILES string of the molecule is O=C(O)c1ccc(-c2ccnc(-c3ccccc3C(F)(F)F)n2)cc1. The zero-order valence-electron chi connectivity index (χ0n) is 12.7. The van der Waals surface area contributed by atoms with E-state index in [2.05, 4.69) is 9.97 Å². The fourth-order valence-electron chi connectivity index (χ4n) is 2.36. The summed E-state index contributed by atoms with van der Waals surface area (Å²) in [6.45, 7) is 0. The molecule has 7 heteroatoms. The van der Waals surface area contributed by atoms with Crippen molar-refractivity contribution < 1.29 is 23.1 Å². The highest BCUT2D eigenvalue weighted by molar-refractivity contribution is 5.88. The molecule has 0 spiro atoms. The third kappa shape index (κ3) is 3.50. The number of alkyl halides is 3. The molecule has 0 saturated carbocycles. The Labute approximate surface area is 140 Å². The average molecular weight is 344 g/mol. The zero-order valence-corrected chi connectivity index (χ0v) is 12.7. The van der Waals surface area contributed by atoms with Gasteiger partial charge in [-0.25, -0.2) is 14.8 Å². The fraction of sp³-hybridized carbons (Fsp3) is 0.0556. The van der Waals surface area contributed by atoms with Gasteiger partial charge in [-0.15, -0.1) is 0 Å². The lowest BCUT2D eigenvalue weighted by Crippen LogP contribution is -2.08. The third-order valence-electron chi connectivity index (χ3n) is 3.56. The number of carboxylic acids is 1. The van der Waals surface area contributed by atoms with Crippen molar-refractivity contribution in [3.05, 3.63) is 71.9 Å². The standard InChI is InChI=1S/C18H11F3N2O2/c19-18(20,21)14-4-2-1-3-13(14)16-22-10-9-15(23-16)11-5-7-12(8-6-11)17(24)25/h1-10H,(H,24,25). The van der Waals surface area contributed by atoms with Crippen molar-refractivity contribution in [2.45, 2.75) is 6.18 Å². The van der Waals surface area contributed by atoms with Gasteiger partial charge in [0.1, 0.15) is 0 Å². The second-order valence-electron chi connectivity index (χ2n) is 5.19. The van der Waals surface area contributed by atoms with Crippen molar-refractivity contribution in [1.29, 1.82) is 0 Å². The summed E-state index contributed by atoms with van der Waals surface area (Å²) in [5, 5.41) is 8.91. The number of aromatic carboxylic acids is 1. The topological polar surface area (TPSA) is 63.1 Å². The highest BCUT2D eigenvalue weighted by atomic mass is 19.4. The Morgan fingerprint density at radius 2 is 1.64 bits per heavy atom. The molecule has 0 amide bonds. The van der Waals surface area contributed by atoms with Gasteiger partial charge in [0.05, 0.1) is 16.8 Å². The van der Waals surface area contributed by atoms with Crippen LogP contribution in [0.15, 0.2) is 60.8 Å². The summed E-state index contributed by atoms with van der Waals surface area (Å²) in [6.07, 6.45) is -3.14. The largest absolute Gasteiger partial charge is 0.478 e. The first-order valence-corrected chi connectivity index (χ1v) is 7.19. The molecule has 0 unspecified atom stereocenters. The number of rotatable bonds is 3. The molecule has 25 heavy (non-hydrogen) atoms. The Balaban J connectivity index is 2.05. The van der Waals surface area contributed by atoms with Crippen LogP contribution in [0.2, 0.25) is 0 Å². The molecule has 1 N–H and O–H groups in total. The van der Waals surface area contributed by atoms with Gasteiger partial charge in [0, 0.05) is 17.3 Å². The molecule has 0 aliphatic rings. The van der Waals surface area contributed by atoms with Crippen LogP contribution in [0.1, 0.15) is 15.9 Å². The van der Waals surface area contributed by atoms with Crippen molar-refractivity contribution in [3.63, 3.8) is 0 Å². The van der Waals surface area contributed by atoms with E-state index in [1.54, 1.807) is 18.2 Å². The smallest absolute Gasteiger partial charge is 0.417 e. The maximum atomic E-state index is 13.2. The van der Waals surface area contributed by atoms with Crippen LogP contribution >= 0.6 is 0 Å². The molecule has 1 aromatic heterocycles. The molecule has 0 aliphatic heterocycles. The van der Waals surface area contributed by atoms with Gasteiger partial charge < -0.3 is 5.11 Å². The van der Waals surface area contributed by atoms with E-state index < -0.39 is 17.7 Å². The fourth-order valence-corrected chi connectivity index (χ4v) is 2.36. The molecule has 0 atom stereocenters. The molecular formula is C18H11F3N2O2. The molecule has 3 aromatic rings. The molecule has 0 saturated heterocycles. The maximum Gasteiger partial charge on any atom is 0.417 e. The minimum atomic E-state index is -4.51. The van der Waals surface area contributed by atoms with Crippen molar-refractivity contribution in [1.82, 2.24) is 9.97 Å². The summed E-state index contributed by atoms with van der Waals surface area (Å²) >= 11 is 0. The number of nitrogens with zero attached hydrogens (tertiary/aromatic N) is 2. The maximum absolute atomic E-state index is 13.2. The van der Waals surface area contributed by atoms with Crippen LogP contribution in [0, 0.1) is 0 Å². The zero-order chi connectivity index (χ0) is 18.0. The van der Waals surface area contributed by atoms with E-state index in [0.29, 0.717) is 11.3 Å². The van der Waals surface area contributed by atoms with Crippen molar-refractivity contribution in [2.75, 3.05) is 0 Å². The summed E-state index contributed by atoms with van der Waals surface area (Å²) in [4.78, 5) is 19.0. The van der Waals surface area contributed by atoms with Crippen LogP contribution in [0.3, 0.4) is 0 Å². The number of hydrogen-bond donors (Lipinski definition) is 1. The van der Waals surface area contributed by atoms with Crippen LogP contribution in [0.25, 0.3) is 22.6 Å². The summed E-state index contributed by atoms with van der Waals surface area (Å²) in [5.41, 5.74) is 0.171. The highest BCUT2D eigenvalue weighted by Gasteiger charge is 2.34. The minimum Gasteiger partial charge on any atom is -0.478 e. The van der Waals surface area contributed by atoms with Gasteiger partial charge >= 0.3 is 12.1 Å². The van der Waals surface area contributed by atoms with E-state index in [1.165, 1.54) is 36.5 Å². The van der Waals surface area contributed by atoms with E-state index in [0.717, 1.165) is 6.07 Å². The molecule has 2 aromatic carbocycles. The number of carboxylic acid groups (broad SMARTS) is 1. The van der Waals surface area contributed by atoms with Crippen LogP contribution in [-0.2, 0) is 6.18 Å². The molecule has 1 heterocycles. The Morgan fingerprint density at radius 3 is 2.28 bits per heavy atom. The van der Waals surface area contributed by atoms with Gasteiger partial charge in [-0.3, -0.25) is 0 Å². The van der Waals surface area contributed by atoms with Crippen LogP contribution < -0.4 is 0 Å². The van der Waals surface area contributed by atoms with Crippen molar-refractivity contribution >= 4 is 5.97 Å². The first kappa shape index (κ1) is 16.6. The Kier molecular flexibility index (Phi) is 4.22. The number of benzene rings is 2. The van der Waals surface area contributed by atoms with Crippen molar-refractivity contribution in [3.8, 4) is 22.6 Å². The van der Waals surface area contributed by atoms with E-state index in [9.17, 15) is 18.0 Å². The Bertz CT molecular complexity index is 922. The number of hydrogen-bond acceptors (Lipinski definition) is 3. The van der Waals surface area contributed by atoms with Gasteiger partial charge in [-0.05, 0) is 24.3 Å². The van der Waals surface area contributed by atoms with E-state index >= 15 is 0 Å². The lowest BCUT2D eigenvalue weighted by molar-refractivity contribution is -0.137. The second kappa shape index (κ2) is 6.35. The normalized spacial score (nSPS) is 11.3. The third-order valence-corrected chi connectivity index (χ3v) is 3.56. The second-order valence-corrected chi connectivity index (χ2v) is 5.19. The number of halogens is 3. The molecule has 0 bridgehead atoms. The van der Waals surface area contributed by atoms with Crippen LogP contribution in [0.4, 0.5) is 13.2 Å². The molecule has 0 fully saturated rings. The molecule has 4 nitrogen and oxygen atoms in total. The summed E-state index contributed by atoms with van der Waals surface area (Å²) in [7, 11) is 0. The number of carbonyl (C=O) groups is 1. The lowest BCUT2D eigenvalue weighted by Gasteiger charge is -2.12. The van der Waals surface area contributed by atoms with Crippen LogP contribution in [-0.4, -0.2) is 21.0 Å². The van der Waals surface area contributed by atoms with Gasteiger partial charge in [0.2, 0.25) is 0 Å². The first-order valence-electron chi connectivity index (χ1n) is 7.19. The Hall–Kier alpha value is -3.22. The highest BCUT2D eigenvalue weighted by Crippen LogP contribution is 2.36. The molecule has 3 rings (SSSR count). The van der Waals surface area contributed by atoms with Gasteiger partial charge in [-0.1, -0.05) is 30.3 Å². The first-order chi connectivity index (χ1) is 11.9. The summed E-state index contributed by atoms with van der Waals surface area (Å²) in [5.74, 6) is -1.11. The average Bonchev–Trinajstić information content (AvgIpc) is 2.61. The molecule has 0 radical (unpaired) electrons. The van der Waals surface area contributed by atoms with Gasteiger partial charge in [-0.2, -0.15) is 13.2 Å². The van der Waals surface area contributed by atoms with E-state index in [1.807, 2.05) is 0 Å². The van der Waals surface area contributed by atoms with Crippen molar-refractivity contribution in [2.24, 2.45) is 0 Å². The van der Waals surface area contributed by atoms with Gasteiger partial charge in [0.25, 0.3) is 0 Å². The molecule has 126 valence electrons. The van der Waals surface area contributed by atoms with E-state index in [-0.39, 0.29) is 17.0 Å². The quantitative estimate of drug-likeness (QED) is 0.758. The lowest BCUT2D eigenvalue weighted by atomic mass is 10.1. The van der Waals surface area contributed by atoms with Gasteiger partial charge in [0.15, 0.2) is 5.82 Å². The minimum absolute atomic E-state index is 0.0484. The number of aromatic nitrogens is 2. The summed E-state index contributed by atoms with van der Waals surface area (Å²) < 4.78 is 39.5. The Morgan fingerprint density at radius 1 is 0.960 bits per heavy atom. The molecular weight excluding hydrogens is 333 g/mol. The van der Waals surface area contributed by atoms with E-state index in [4.69, 9.17) is 5.11 Å². The molecule has 0 aliphatic carbocycles.